The van der Waals surface area contributed by atoms with Crippen molar-refractivity contribution in [1.29, 1.82) is 0 Å². The minimum atomic E-state index is 0.211. The molecule has 4 nitrogen and oxygen atoms in total. The predicted molar refractivity (Wildman–Crippen MR) is 62.9 cm³/mol. The first-order valence-corrected chi connectivity index (χ1v) is 5.02. The van der Waals surface area contributed by atoms with Gasteiger partial charge in [0, 0.05) is 0 Å². The van der Waals surface area contributed by atoms with E-state index < -0.39 is 0 Å². The zero-order chi connectivity index (χ0) is 11.5. The van der Waals surface area contributed by atoms with E-state index in [4.69, 9.17) is 0 Å². The first kappa shape index (κ1) is 10.4. The SMILES string of the molecule is Cc1ncc(Nc2ccccc2O)c(C)n1. The first-order chi connectivity index (χ1) is 7.66. The van der Waals surface area contributed by atoms with E-state index in [9.17, 15) is 5.11 Å². The molecule has 0 bridgehead atoms. The molecule has 0 spiro atoms. The largest absolute Gasteiger partial charge is 0.506 e. The van der Waals surface area contributed by atoms with Gasteiger partial charge in [-0.2, -0.15) is 0 Å². The van der Waals surface area contributed by atoms with Crippen molar-refractivity contribution in [2.75, 3.05) is 5.32 Å². The highest BCUT2D eigenvalue weighted by Crippen LogP contribution is 2.26. The van der Waals surface area contributed by atoms with Crippen LogP contribution in [0, 0.1) is 13.8 Å². The van der Waals surface area contributed by atoms with E-state index >= 15 is 0 Å². The van der Waals surface area contributed by atoms with Gasteiger partial charge in [-0.15, -0.1) is 0 Å². The molecule has 0 fully saturated rings. The quantitative estimate of drug-likeness (QED) is 0.756. The third-order valence-corrected chi connectivity index (χ3v) is 2.27. The lowest BCUT2D eigenvalue weighted by Crippen LogP contribution is -1.98. The highest BCUT2D eigenvalue weighted by atomic mass is 16.3. The molecule has 1 aromatic carbocycles. The Labute approximate surface area is 94.0 Å². The number of aromatic hydroxyl groups is 1. The number of benzene rings is 1. The fraction of sp³-hybridized carbons (Fsp3) is 0.167. The average molecular weight is 215 g/mol. The maximum atomic E-state index is 9.61. The van der Waals surface area contributed by atoms with Crippen molar-refractivity contribution >= 4 is 11.4 Å². The molecule has 1 aromatic heterocycles. The summed E-state index contributed by atoms with van der Waals surface area (Å²) in [5.41, 5.74) is 2.31. The van der Waals surface area contributed by atoms with Gasteiger partial charge >= 0.3 is 0 Å². The molecule has 0 amide bonds. The van der Waals surface area contributed by atoms with Crippen LogP contribution in [0.25, 0.3) is 0 Å². The van der Waals surface area contributed by atoms with E-state index in [-0.39, 0.29) is 5.75 Å². The standard InChI is InChI=1S/C12H13N3O/c1-8-11(7-13-9(2)14-8)15-10-5-3-4-6-12(10)16/h3-7,15-16H,1-2H3. The summed E-state index contributed by atoms with van der Waals surface area (Å²) in [6, 6.07) is 7.06. The van der Waals surface area contributed by atoms with E-state index in [1.54, 1.807) is 24.4 Å². The molecule has 0 aliphatic heterocycles. The lowest BCUT2D eigenvalue weighted by molar-refractivity contribution is 0.478. The van der Waals surface area contributed by atoms with Gasteiger partial charge in [0.2, 0.25) is 0 Å². The van der Waals surface area contributed by atoms with Gasteiger partial charge < -0.3 is 10.4 Å². The Bertz CT molecular complexity index is 511. The third-order valence-electron chi connectivity index (χ3n) is 2.27. The molecule has 2 aromatic rings. The molecule has 82 valence electrons. The van der Waals surface area contributed by atoms with Crippen molar-refractivity contribution in [3.8, 4) is 5.75 Å². The molecule has 0 radical (unpaired) electrons. The summed E-state index contributed by atoms with van der Waals surface area (Å²) in [7, 11) is 0. The van der Waals surface area contributed by atoms with Crippen LogP contribution in [0.3, 0.4) is 0 Å². The van der Waals surface area contributed by atoms with Gasteiger partial charge in [-0.3, -0.25) is 0 Å². The lowest BCUT2D eigenvalue weighted by Gasteiger charge is -2.09. The average Bonchev–Trinajstić information content (AvgIpc) is 2.25. The van der Waals surface area contributed by atoms with Crippen LogP contribution in [0.1, 0.15) is 11.5 Å². The summed E-state index contributed by atoms with van der Waals surface area (Å²) in [5.74, 6) is 0.947. The Morgan fingerprint density at radius 3 is 2.56 bits per heavy atom. The van der Waals surface area contributed by atoms with Crippen molar-refractivity contribution < 1.29 is 5.11 Å². The number of hydrogen-bond donors (Lipinski definition) is 2. The van der Waals surface area contributed by atoms with Crippen molar-refractivity contribution in [2.45, 2.75) is 13.8 Å². The van der Waals surface area contributed by atoms with Gasteiger partial charge in [0.15, 0.2) is 0 Å². The Kier molecular flexibility index (Phi) is 2.72. The summed E-state index contributed by atoms with van der Waals surface area (Å²) in [6.45, 7) is 3.74. The maximum absolute atomic E-state index is 9.61. The van der Waals surface area contributed by atoms with E-state index in [1.165, 1.54) is 0 Å². The molecule has 0 unspecified atom stereocenters. The topological polar surface area (TPSA) is 58.0 Å². The minimum Gasteiger partial charge on any atom is -0.506 e. The Balaban J connectivity index is 2.31. The van der Waals surface area contributed by atoms with Crippen LogP contribution in [0.4, 0.5) is 11.4 Å². The molecule has 0 saturated heterocycles. The smallest absolute Gasteiger partial charge is 0.139 e. The van der Waals surface area contributed by atoms with Gasteiger partial charge in [0.05, 0.1) is 23.3 Å². The van der Waals surface area contributed by atoms with Gasteiger partial charge in [-0.25, -0.2) is 9.97 Å². The molecular formula is C12H13N3O. The molecule has 0 aliphatic rings. The number of aromatic nitrogens is 2. The number of hydrogen-bond acceptors (Lipinski definition) is 4. The molecule has 2 N–H and O–H groups in total. The number of rotatable bonds is 2. The Morgan fingerprint density at radius 1 is 1.12 bits per heavy atom. The van der Waals surface area contributed by atoms with E-state index in [1.807, 2.05) is 19.9 Å². The number of anilines is 2. The second-order valence-electron chi connectivity index (χ2n) is 3.56. The molecule has 2 rings (SSSR count). The van der Waals surface area contributed by atoms with Gasteiger partial charge in [-0.1, -0.05) is 12.1 Å². The minimum absolute atomic E-state index is 0.211. The monoisotopic (exact) mass is 215 g/mol. The summed E-state index contributed by atoms with van der Waals surface area (Å²) in [4.78, 5) is 8.35. The van der Waals surface area contributed by atoms with Crippen LogP contribution in [0.2, 0.25) is 0 Å². The van der Waals surface area contributed by atoms with E-state index in [0.29, 0.717) is 5.69 Å². The molecule has 0 saturated carbocycles. The summed E-state index contributed by atoms with van der Waals surface area (Å²) in [5, 5.41) is 12.7. The van der Waals surface area contributed by atoms with Crippen molar-refractivity contribution in [3.05, 3.63) is 42.0 Å². The molecule has 0 aliphatic carbocycles. The number of phenols is 1. The van der Waals surface area contributed by atoms with Crippen molar-refractivity contribution in [3.63, 3.8) is 0 Å². The van der Waals surface area contributed by atoms with Crippen LogP contribution in [-0.4, -0.2) is 15.1 Å². The van der Waals surface area contributed by atoms with Crippen molar-refractivity contribution in [2.24, 2.45) is 0 Å². The Morgan fingerprint density at radius 2 is 1.88 bits per heavy atom. The van der Waals surface area contributed by atoms with Crippen LogP contribution in [0.15, 0.2) is 30.5 Å². The number of nitrogens with one attached hydrogen (secondary N) is 1. The molecule has 4 heteroatoms. The maximum Gasteiger partial charge on any atom is 0.139 e. The van der Waals surface area contributed by atoms with Gasteiger partial charge in [0.25, 0.3) is 0 Å². The fourth-order valence-electron chi connectivity index (χ4n) is 1.43. The third kappa shape index (κ3) is 2.11. The summed E-state index contributed by atoms with van der Waals surface area (Å²) >= 11 is 0. The van der Waals surface area contributed by atoms with Gasteiger partial charge in [-0.05, 0) is 26.0 Å². The van der Waals surface area contributed by atoms with Crippen LogP contribution >= 0.6 is 0 Å². The predicted octanol–water partition coefficient (Wildman–Crippen LogP) is 2.54. The van der Waals surface area contributed by atoms with E-state index in [0.717, 1.165) is 17.2 Å². The fourth-order valence-corrected chi connectivity index (χ4v) is 1.43. The van der Waals surface area contributed by atoms with E-state index in [2.05, 4.69) is 15.3 Å². The highest BCUT2D eigenvalue weighted by Gasteiger charge is 2.04. The summed E-state index contributed by atoms with van der Waals surface area (Å²) in [6.07, 6.45) is 1.71. The molecule has 1 heterocycles. The number of para-hydroxylation sites is 2. The lowest BCUT2D eigenvalue weighted by atomic mass is 10.2. The normalized spacial score (nSPS) is 10.1. The van der Waals surface area contributed by atoms with Crippen LogP contribution in [-0.2, 0) is 0 Å². The molecule has 16 heavy (non-hydrogen) atoms. The zero-order valence-corrected chi connectivity index (χ0v) is 9.23. The first-order valence-electron chi connectivity index (χ1n) is 5.02. The molecular weight excluding hydrogens is 202 g/mol. The zero-order valence-electron chi connectivity index (χ0n) is 9.23. The number of nitrogens with zero attached hydrogens (tertiary/aromatic N) is 2. The highest BCUT2D eigenvalue weighted by molar-refractivity contribution is 5.66. The second-order valence-corrected chi connectivity index (χ2v) is 3.56. The van der Waals surface area contributed by atoms with Crippen LogP contribution in [0.5, 0.6) is 5.75 Å². The van der Waals surface area contributed by atoms with Gasteiger partial charge in [0.1, 0.15) is 11.6 Å². The summed E-state index contributed by atoms with van der Waals surface area (Å²) < 4.78 is 0. The van der Waals surface area contributed by atoms with Crippen LogP contribution < -0.4 is 5.32 Å². The number of aryl methyl sites for hydroxylation is 2. The molecule has 0 atom stereocenters. The second kappa shape index (κ2) is 4.18. The Hall–Kier alpha value is -2.10. The number of phenolic OH excluding ortho intramolecular Hbond substituents is 1. The van der Waals surface area contributed by atoms with Crippen molar-refractivity contribution in [1.82, 2.24) is 9.97 Å².